The molecule has 0 heterocycles. The Bertz CT molecular complexity index is 291. The minimum Gasteiger partial charge on any atom is -0.314 e. The molecule has 112 valence electrons. The second kappa shape index (κ2) is 13.8. The van der Waals surface area contributed by atoms with Crippen molar-refractivity contribution in [3.05, 3.63) is 29.8 Å². The highest BCUT2D eigenvalue weighted by molar-refractivity contribution is 7.94. The third-order valence-electron chi connectivity index (χ3n) is 2.21. The monoisotopic (exact) mass is 289 g/mol. The van der Waals surface area contributed by atoms with Crippen LogP contribution in [0.1, 0.15) is 39.3 Å². The predicted molar refractivity (Wildman–Crippen MR) is 84.4 cm³/mol. The van der Waals surface area contributed by atoms with Crippen molar-refractivity contribution in [1.82, 2.24) is 4.90 Å². The van der Waals surface area contributed by atoms with Crippen molar-refractivity contribution >= 4 is 12.0 Å². The average Bonchev–Trinajstić information content (AvgIpc) is 2.46. The van der Waals surface area contributed by atoms with E-state index in [9.17, 15) is 4.39 Å². The Kier molecular flexibility index (Phi) is 15.1. The normalized spacial score (nSPS) is 11.0. The van der Waals surface area contributed by atoms with Gasteiger partial charge in [0, 0.05) is 16.9 Å². The van der Waals surface area contributed by atoms with Gasteiger partial charge in [-0.05, 0) is 31.8 Å². The lowest BCUT2D eigenvalue weighted by Crippen LogP contribution is -2.21. The second-order valence-corrected chi connectivity index (χ2v) is 4.42. The fraction of sp³-hybridized carbons (Fsp3) is 0.600. The Balaban J connectivity index is 0. The smallest absolute Gasteiger partial charge is 0.109 e. The number of hydrogen-bond acceptors (Lipinski definition) is 3. The number of alkyl halides is 1. The first-order chi connectivity index (χ1) is 9.19. The third-order valence-corrected chi connectivity index (χ3v) is 2.85. The highest BCUT2D eigenvalue weighted by atomic mass is 32.2. The maximum absolute atomic E-state index is 12.8. The van der Waals surface area contributed by atoms with Gasteiger partial charge < -0.3 is 9.08 Å². The van der Waals surface area contributed by atoms with Crippen LogP contribution in [0.5, 0.6) is 0 Å². The van der Waals surface area contributed by atoms with Gasteiger partial charge in [-0.3, -0.25) is 0 Å². The van der Waals surface area contributed by atoms with Gasteiger partial charge in [0.05, 0.1) is 13.2 Å². The van der Waals surface area contributed by atoms with Crippen LogP contribution < -0.4 is 0 Å². The summed E-state index contributed by atoms with van der Waals surface area (Å²) in [6.45, 7) is 7.63. The number of nitrogens with zero attached hydrogens (tertiary/aromatic N) is 1. The molecule has 0 aliphatic carbocycles. The molecule has 0 N–H and O–H groups in total. The molecule has 0 saturated carbocycles. The zero-order chi connectivity index (χ0) is 15.3. The van der Waals surface area contributed by atoms with Gasteiger partial charge in [-0.2, -0.15) is 0 Å². The van der Waals surface area contributed by atoms with Crippen LogP contribution in [0.2, 0.25) is 0 Å². The quantitative estimate of drug-likeness (QED) is 0.710. The summed E-state index contributed by atoms with van der Waals surface area (Å²) in [5, 5.41) is 0. The lowest BCUT2D eigenvalue weighted by atomic mass is 10.1. The van der Waals surface area contributed by atoms with Gasteiger partial charge in [0.25, 0.3) is 0 Å². The van der Waals surface area contributed by atoms with Gasteiger partial charge >= 0.3 is 0 Å². The Morgan fingerprint density at radius 1 is 1.11 bits per heavy atom. The third kappa shape index (κ3) is 8.24. The van der Waals surface area contributed by atoms with E-state index in [4.69, 9.17) is 4.18 Å². The molecule has 1 atom stereocenters. The summed E-state index contributed by atoms with van der Waals surface area (Å²) >= 11 is 1.30. The van der Waals surface area contributed by atoms with Crippen LogP contribution in [0.15, 0.2) is 29.2 Å². The van der Waals surface area contributed by atoms with Crippen molar-refractivity contribution in [3.8, 4) is 0 Å². The molecule has 19 heavy (non-hydrogen) atoms. The highest BCUT2D eigenvalue weighted by Gasteiger charge is 2.13. The maximum Gasteiger partial charge on any atom is 0.109 e. The Morgan fingerprint density at radius 3 is 1.89 bits per heavy atom. The zero-order valence-corrected chi connectivity index (χ0v) is 14.1. The second-order valence-electron chi connectivity index (χ2n) is 3.45. The van der Waals surface area contributed by atoms with E-state index >= 15 is 0 Å². The van der Waals surface area contributed by atoms with E-state index in [1.807, 2.05) is 71.0 Å². The van der Waals surface area contributed by atoms with E-state index in [-0.39, 0.29) is 12.7 Å². The maximum atomic E-state index is 12.8. The lowest BCUT2D eigenvalue weighted by Gasteiger charge is -2.21. The predicted octanol–water partition coefficient (Wildman–Crippen LogP) is 4.96. The van der Waals surface area contributed by atoms with Crippen LogP contribution in [-0.2, 0) is 4.18 Å². The Morgan fingerprint density at radius 2 is 1.58 bits per heavy atom. The first kappa shape index (κ1) is 20.7. The molecule has 0 amide bonds. The molecule has 0 saturated heterocycles. The van der Waals surface area contributed by atoms with Crippen LogP contribution in [0, 0.1) is 0 Å². The number of rotatable bonds is 5. The minimum atomic E-state index is -0.371. The topological polar surface area (TPSA) is 12.5 Å². The van der Waals surface area contributed by atoms with Crippen LogP contribution in [0.25, 0.3) is 0 Å². The first-order valence-corrected chi connectivity index (χ1v) is 7.46. The van der Waals surface area contributed by atoms with E-state index in [1.54, 1.807) is 7.11 Å². The SMILES string of the molecule is CC.CC.COSc1ccc(C(CF)N(C)C)cc1. The van der Waals surface area contributed by atoms with Crippen LogP contribution >= 0.6 is 12.0 Å². The molecule has 0 bridgehead atoms. The average molecular weight is 289 g/mol. The van der Waals surface area contributed by atoms with Gasteiger partial charge in [0.1, 0.15) is 6.67 Å². The first-order valence-electron chi connectivity index (χ1n) is 6.72. The van der Waals surface area contributed by atoms with Gasteiger partial charge in [-0.25, -0.2) is 4.39 Å². The molecule has 0 radical (unpaired) electrons. The van der Waals surface area contributed by atoms with Crippen molar-refractivity contribution in [2.75, 3.05) is 27.9 Å². The summed E-state index contributed by atoms with van der Waals surface area (Å²) < 4.78 is 17.7. The number of halogens is 1. The molecule has 1 aromatic rings. The fourth-order valence-corrected chi connectivity index (χ4v) is 1.81. The van der Waals surface area contributed by atoms with Crippen molar-refractivity contribution in [2.45, 2.75) is 38.6 Å². The summed E-state index contributed by atoms with van der Waals surface area (Å²) in [5.74, 6) is 0. The van der Waals surface area contributed by atoms with Crippen molar-refractivity contribution in [1.29, 1.82) is 0 Å². The highest BCUT2D eigenvalue weighted by Crippen LogP contribution is 2.23. The molecule has 1 unspecified atom stereocenters. The van der Waals surface area contributed by atoms with Crippen molar-refractivity contribution in [3.63, 3.8) is 0 Å². The molecule has 0 aliphatic heterocycles. The molecule has 1 aromatic carbocycles. The van der Waals surface area contributed by atoms with Crippen molar-refractivity contribution in [2.24, 2.45) is 0 Å². The Labute approximate surface area is 122 Å². The fourth-order valence-electron chi connectivity index (χ4n) is 1.37. The molecule has 0 aliphatic rings. The molecule has 2 nitrogen and oxygen atoms in total. The molecule has 4 heteroatoms. The van der Waals surface area contributed by atoms with Crippen LogP contribution in [-0.4, -0.2) is 32.8 Å². The minimum absolute atomic E-state index is 0.161. The van der Waals surface area contributed by atoms with E-state index in [0.717, 1.165) is 10.5 Å². The van der Waals surface area contributed by atoms with Crippen LogP contribution in [0.4, 0.5) is 4.39 Å². The summed E-state index contributed by atoms with van der Waals surface area (Å²) in [7, 11) is 5.38. The largest absolute Gasteiger partial charge is 0.314 e. The molecule has 0 spiro atoms. The van der Waals surface area contributed by atoms with Crippen molar-refractivity contribution < 1.29 is 8.57 Å². The molecular weight excluding hydrogens is 261 g/mol. The summed E-state index contributed by atoms with van der Waals surface area (Å²) in [5.41, 5.74) is 0.989. The van der Waals surface area contributed by atoms with Gasteiger partial charge in [0.2, 0.25) is 0 Å². The van der Waals surface area contributed by atoms with E-state index < -0.39 is 0 Å². The number of benzene rings is 1. The summed E-state index contributed by atoms with van der Waals surface area (Å²) in [6.07, 6.45) is 0. The van der Waals surface area contributed by atoms with E-state index in [1.165, 1.54) is 12.0 Å². The van der Waals surface area contributed by atoms with Crippen LogP contribution in [0.3, 0.4) is 0 Å². The molecule has 1 rings (SSSR count). The summed E-state index contributed by atoms with van der Waals surface area (Å²) in [6, 6.07) is 7.59. The lowest BCUT2D eigenvalue weighted by molar-refractivity contribution is 0.242. The van der Waals surface area contributed by atoms with E-state index in [2.05, 4.69) is 0 Å². The zero-order valence-electron chi connectivity index (χ0n) is 13.2. The molecular formula is C15H28FNOS. The van der Waals surface area contributed by atoms with Gasteiger partial charge in [0.15, 0.2) is 0 Å². The standard InChI is InChI=1S/C11H16FNOS.2C2H6/c1-13(2)11(8-12)9-4-6-10(7-5-9)15-14-3;2*1-2/h4-7,11H,8H2,1-3H3;2*1-2H3. The van der Waals surface area contributed by atoms with Gasteiger partial charge in [-0.15, -0.1) is 0 Å². The molecule has 0 aromatic heterocycles. The number of hydrogen-bond donors (Lipinski definition) is 0. The molecule has 0 fully saturated rings. The van der Waals surface area contributed by atoms with E-state index in [0.29, 0.717) is 0 Å². The summed E-state index contributed by atoms with van der Waals surface area (Å²) in [4.78, 5) is 2.90. The van der Waals surface area contributed by atoms with Gasteiger partial charge in [-0.1, -0.05) is 39.8 Å². The Hall–Kier alpha value is -0.580.